The summed E-state index contributed by atoms with van der Waals surface area (Å²) in [4.78, 5) is 0.264. The molecule has 3 N–H and O–H groups in total. The minimum atomic E-state index is -3.54. The van der Waals surface area contributed by atoms with E-state index in [9.17, 15) is 8.42 Å². The molecule has 0 saturated carbocycles. The molecule has 0 aromatic heterocycles. The second-order valence-corrected chi connectivity index (χ2v) is 6.69. The van der Waals surface area contributed by atoms with Gasteiger partial charge in [0, 0.05) is 5.69 Å². The first kappa shape index (κ1) is 15.5. The van der Waals surface area contributed by atoms with Crippen LogP contribution < -0.4 is 10.5 Å². The number of nitrogens with two attached hydrogens (primary N) is 1. The Morgan fingerprint density at radius 2 is 1.81 bits per heavy atom. The predicted molar refractivity (Wildman–Crippen MR) is 85.8 cm³/mol. The van der Waals surface area contributed by atoms with Gasteiger partial charge in [-0.1, -0.05) is 29.8 Å². The molecular formula is C16H20N2O2S. The van der Waals surface area contributed by atoms with E-state index in [4.69, 9.17) is 5.73 Å². The van der Waals surface area contributed by atoms with Gasteiger partial charge in [0.25, 0.3) is 10.0 Å². The normalized spacial score (nSPS) is 11.3. The molecule has 0 unspecified atom stereocenters. The van der Waals surface area contributed by atoms with Crippen LogP contribution in [0.2, 0.25) is 0 Å². The smallest absolute Gasteiger partial charge is 0.261 e. The first-order valence-corrected chi connectivity index (χ1v) is 8.38. The number of aryl methyl sites for hydroxylation is 2. The zero-order valence-corrected chi connectivity index (χ0v) is 12.9. The van der Waals surface area contributed by atoms with Crippen molar-refractivity contribution in [2.75, 3.05) is 11.3 Å². The molecule has 0 atom stereocenters. The molecule has 0 aliphatic carbocycles. The summed E-state index contributed by atoms with van der Waals surface area (Å²) in [7, 11) is -3.54. The van der Waals surface area contributed by atoms with Crippen molar-refractivity contribution in [2.45, 2.75) is 24.7 Å². The maximum Gasteiger partial charge on any atom is 0.261 e. The Balaban J connectivity index is 2.18. The van der Waals surface area contributed by atoms with Crippen LogP contribution in [-0.4, -0.2) is 15.0 Å². The van der Waals surface area contributed by atoms with Crippen molar-refractivity contribution in [1.29, 1.82) is 0 Å². The van der Waals surface area contributed by atoms with Crippen LogP contribution in [0.1, 0.15) is 17.5 Å². The summed E-state index contributed by atoms with van der Waals surface area (Å²) in [6.07, 6.45) is 1.73. The molecule has 2 rings (SSSR count). The Bertz CT molecular complexity index is 694. The molecule has 2 aromatic rings. The fraction of sp³-hybridized carbons (Fsp3) is 0.250. The quantitative estimate of drug-likeness (QED) is 0.862. The summed E-state index contributed by atoms with van der Waals surface area (Å²) in [6, 6.07) is 14.2. The third-order valence-corrected chi connectivity index (χ3v) is 4.58. The lowest BCUT2D eigenvalue weighted by molar-refractivity contribution is 0.601. The molecule has 0 aliphatic heterocycles. The molecule has 2 aromatic carbocycles. The molecule has 0 amide bonds. The Morgan fingerprint density at radius 3 is 2.48 bits per heavy atom. The van der Waals surface area contributed by atoms with Gasteiger partial charge in [-0.15, -0.1) is 0 Å². The Morgan fingerprint density at radius 1 is 1.10 bits per heavy atom. The number of hydrogen-bond acceptors (Lipinski definition) is 3. The lowest BCUT2D eigenvalue weighted by atomic mass is 10.1. The topological polar surface area (TPSA) is 72.2 Å². The van der Waals surface area contributed by atoms with Crippen LogP contribution >= 0.6 is 0 Å². The molecule has 0 fully saturated rings. The minimum absolute atomic E-state index is 0.264. The van der Waals surface area contributed by atoms with Crippen molar-refractivity contribution in [3.63, 3.8) is 0 Å². The monoisotopic (exact) mass is 304 g/mol. The van der Waals surface area contributed by atoms with E-state index in [0.717, 1.165) is 24.0 Å². The van der Waals surface area contributed by atoms with E-state index in [1.54, 1.807) is 30.3 Å². The van der Waals surface area contributed by atoms with Crippen LogP contribution in [-0.2, 0) is 16.4 Å². The zero-order valence-electron chi connectivity index (χ0n) is 12.0. The van der Waals surface area contributed by atoms with E-state index in [0.29, 0.717) is 12.2 Å². The van der Waals surface area contributed by atoms with Gasteiger partial charge in [0.15, 0.2) is 0 Å². The maximum atomic E-state index is 12.3. The Labute approximate surface area is 126 Å². The van der Waals surface area contributed by atoms with Crippen LogP contribution in [0.4, 0.5) is 5.69 Å². The predicted octanol–water partition coefficient (Wildman–Crippen LogP) is 2.69. The van der Waals surface area contributed by atoms with E-state index in [-0.39, 0.29) is 4.90 Å². The highest BCUT2D eigenvalue weighted by molar-refractivity contribution is 7.92. The maximum absolute atomic E-state index is 12.3. The average Bonchev–Trinajstić information content (AvgIpc) is 2.45. The fourth-order valence-electron chi connectivity index (χ4n) is 2.03. The third kappa shape index (κ3) is 4.31. The highest BCUT2D eigenvalue weighted by atomic mass is 32.2. The number of sulfonamides is 1. The van der Waals surface area contributed by atoms with Gasteiger partial charge < -0.3 is 5.73 Å². The Hall–Kier alpha value is -1.85. The van der Waals surface area contributed by atoms with Crippen molar-refractivity contribution in [3.05, 3.63) is 59.7 Å². The lowest BCUT2D eigenvalue weighted by Gasteiger charge is -2.10. The molecule has 0 heterocycles. The number of rotatable bonds is 6. The van der Waals surface area contributed by atoms with Gasteiger partial charge in [0.1, 0.15) is 0 Å². The molecule has 0 spiro atoms. The highest BCUT2D eigenvalue weighted by Gasteiger charge is 2.13. The van der Waals surface area contributed by atoms with Crippen molar-refractivity contribution in [2.24, 2.45) is 5.73 Å². The van der Waals surface area contributed by atoms with Gasteiger partial charge in [-0.2, -0.15) is 0 Å². The molecular weight excluding hydrogens is 284 g/mol. The molecule has 4 nitrogen and oxygen atoms in total. The zero-order chi connectivity index (χ0) is 15.3. The van der Waals surface area contributed by atoms with E-state index in [1.165, 1.54) is 0 Å². The summed E-state index contributed by atoms with van der Waals surface area (Å²) in [5, 5.41) is 0. The molecule has 0 saturated heterocycles. The number of anilines is 1. The van der Waals surface area contributed by atoms with E-state index in [1.807, 2.05) is 25.1 Å². The molecule has 0 radical (unpaired) electrons. The summed E-state index contributed by atoms with van der Waals surface area (Å²) < 4.78 is 27.2. The van der Waals surface area contributed by atoms with E-state index >= 15 is 0 Å². The summed E-state index contributed by atoms with van der Waals surface area (Å²) >= 11 is 0. The minimum Gasteiger partial charge on any atom is -0.330 e. The second kappa shape index (κ2) is 6.74. The number of nitrogens with one attached hydrogen (secondary N) is 1. The number of benzene rings is 2. The summed E-state index contributed by atoms with van der Waals surface area (Å²) in [5.74, 6) is 0. The van der Waals surface area contributed by atoms with Crippen LogP contribution in [0.3, 0.4) is 0 Å². The van der Waals surface area contributed by atoms with Crippen molar-refractivity contribution < 1.29 is 8.42 Å². The van der Waals surface area contributed by atoms with Crippen LogP contribution in [0.5, 0.6) is 0 Å². The summed E-state index contributed by atoms with van der Waals surface area (Å²) in [5.41, 5.74) is 8.17. The van der Waals surface area contributed by atoms with E-state index in [2.05, 4.69) is 4.72 Å². The average molecular weight is 304 g/mol. The second-order valence-electron chi connectivity index (χ2n) is 5.01. The van der Waals surface area contributed by atoms with Crippen LogP contribution in [0.25, 0.3) is 0 Å². The molecule has 0 bridgehead atoms. The van der Waals surface area contributed by atoms with Gasteiger partial charge in [-0.05, 0) is 56.1 Å². The van der Waals surface area contributed by atoms with Gasteiger partial charge in [0.05, 0.1) is 4.90 Å². The lowest BCUT2D eigenvalue weighted by Crippen LogP contribution is -2.13. The SMILES string of the molecule is Cc1ccc(S(=O)(=O)Nc2cccc(CCCN)c2)cc1. The molecule has 21 heavy (non-hydrogen) atoms. The van der Waals surface area contributed by atoms with Crippen molar-refractivity contribution in [1.82, 2.24) is 0 Å². The third-order valence-electron chi connectivity index (χ3n) is 3.18. The summed E-state index contributed by atoms with van der Waals surface area (Å²) in [6.45, 7) is 2.55. The number of hydrogen-bond donors (Lipinski definition) is 2. The van der Waals surface area contributed by atoms with E-state index < -0.39 is 10.0 Å². The van der Waals surface area contributed by atoms with Crippen LogP contribution in [0, 0.1) is 6.92 Å². The standard InChI is InChI=1S/C16H20N2O2S/c1-13-7-9-16(10-8-13)21(19,20)18-15-6-2-4-14(12-15)5-3-11-17/h2,4,6-10,12,18H,3,5,11,17H2,1H3. The molecule has 0 aliphatic rings. The van der Waals surface area contributed by atoms with Crippen LogP contribution in [0.15, 0.2) is 53.4 Å². The van der Waals surface area contributed by atoms with Gasteiger partial charge in [-0.25, -0.2) is 8.42 Å². The molecule has 5 heteroatoms. The Kier molecular flexibility index (Phi) is 4.98. The largest absolute Gasteiger partial charge is 0.330 e. The molecule has 112 valence electrons. The van der Waals surface area contributed by atoms with Gasteiger partial charge in [0.2, 0.25) is 0 Å². The fourth-order valence-corrected chi connectivity index (χ4v) is 3.08. The first-order chi connectivity index (χ1) is 10.0. The van der Waals surface area contributed by atoms with Gasteiger partial charge >= 0.3 is 0 Å². The highest BCUT2D eigenvalue weighted by Crippen LogP contribution is 2.18. The van der Waals surface area contributed by atoms with Gasteiger partial charge in [-0.3, -0.25) is 4.72 Å². The first-order valence-electron chi connectivity index (χ1n) is 6.90. The van der Waals surface area contributed by atoms with Crippen molar-refractivity contribution >= 4 is 15.7 Å². The van der Waals surface area contributed by atoms with Crippen molar-refractivity contribution in [3.8, 4) is 0 Å².